The Hall–Kier alpha value is -1.91. The van der Waals surface area contributed by atoms with E-state index in [2.05, 4.69) is 34.6 Å². The lowest BCUT2D eigenvalue weighted by molar-refractivity contribution is -0.222. The highest BCUT2D eigenvalue weighted by molar-refractivity contribution is 6.06. The monoisotopic (exact) mass is 496 g/mol. The van der Waals surface area contributed by atoms with E-state index in [1.54, 1.807) is 6.08 Å². The van der Waals surface area contributed by atoms with Crippen LogP contribution < -0.4 is 0 Å². The van der Waals surface area contributed by atoms with Crippen molar-refractivity contribution in [3.63, 3.8) is 0 Å². The molecule has 5 rings (SSSR count). The van der Waals surface area contributed by atoms with E-state index in [0.717, 1.165) is 50.5 Å². The van der Waals surface area contributed by atoms with Crippen LogP contribution >= 0.6 is 0 Å². The summed E-state index contributed by atoms with van der Waals surface area (Å²) in [5.74, 6) is -0.230. The number of aliphatic hydroxyl groups excluding tert-OH is 1. The fourth-order valence-corrected chi connectivity index (χ4v) is 10.3. The Bertz CT molecular complexity index is 1130. The molecule has 0 aromatic carbocycles. The lowest BCUT2D eigenvalue weighted by atomic mass is 9.31. The summed E-state index contributed by atoms with van der Waals surface area (Å²) in [5.41, 5.74) is -0.0476. The zero-order valence-corrected chi connectivity index (χ0v) is 23.5. The molecule has 0 aromatic heterocycles. The van der Waals surface area contributed by atoms with Crippen molar-refractivity contribution >= 4 is 17.5 Å². The molecule has 0 aromatic rings. The van der Waals surface area contributed by atoms with Crippen molar-refractivity contribution in [1.82, 2.24) is 0 Å². The van der Waals surface area contributed by atoms with Crippen molar-refractivity contribution in [1.29, 1.82) is 0 Å². The van der Waals surface area contributed by atoms with Crippen molar-refractivity contribution < 1.29 is 24.2 Å². The summed E-state index contributed by atoms with van der Waals surface area (Å²) in [4.78, 5) is 40.0. The Morgan fingerprint density at radius 1 is 0.944 bits per heavy atom. The molecular formula is C31H44O5. The molecule has 0 amide bonds. The highest BCUT2D eigenvalue weighted by Crippen LogP contribution is 2.77. The molecule has 0 saturated heterocycles. The van der Waals surface area contributed by atoms with Crippen LogP contribution in [0.5, 0.6) is 0 Å². The molecule has 0 heterocycles. The molecule has 198 valence electrons. The number of ether oxygens (including phenoxy) is 1. The Kier molecular flexibility index (Phi) is 5.25. The summed E-state index contributed by atoms with van der Waals surface area (Å²) in [6.07, 6.45) is 8.47. The molecule has 5 nitrogen and oxygen atoms in total. The average molecular weight is 497 g/mol. The number of hydrogen-bond donors (Lipinski definition) is 1. The first kappa shape index (κ1) is 25.7. The van der Waals surface area contributed by atoms with Crippen LogP contribution in [-0.2, 0) is 19.1 Å². The first-order valence-electron chi connectivity index (χ1n) is 13.8. The van der Waals surface area contributed by atoms with Crippen LogP contribution in [-0.4, -0.2) is 29.8 Å². The van der Waals surface area contributed by atoms with Crippen LogP contribution in [0.3, 0.4) is 0 Å². The molecule has 5 aliphatic rings. The maximum Gasteiger partial charge on any atom is 0.311 e. The van der Waals surface area contributed by atoms with Crippen LogP contribution in [0.15, 0.2) is 23.0 Å². The zero-order valence-electron chi connectivity index (χ0n) is 23.5. The fraction of sp³-hybridized carbons (Fsp3) is 0.774. The fourth-order valence-electron chi connectivity index (χ4n) is 10.3. The van der Waals surface area contributed by atoms with E-state index < -0.39 is 16.2 Å². The van der Waals surface area contributed by atoms with Crippen molar-refractivity contribution in [3.8, 4) is 0 Å². The van der Waals surface area contributed by atoms with E-state index in [9.17, 15) is 19.5 Å². The summed E-state index contributed by atoms with van der Waals surface area (Å²) in [5, 5.41) is 10.5. The second-order valence-corrected chi connectivity index (χ2v) is 14.5. The first-order chi connectivity index (χ1) is 16.5. The van der Waals surface area contributed by atoms with E-state index in [-0.39, 0.29) is 45.5 Å². The summed E-state index contributed by atoms with van der Waals surface area (Å²) < 4.78 is 5.26. The number of carbonyl (C=O) groups is 3. The molecular weight excluding hydrogens is 452 g/mol. The zero-order chi connectivity index (χ0) is 26.7. The second kappa shape index (κ2) is 7.35. The minimum absolute atomic E-state index is 0.102. The van der Waals surface area contributed by atoms with Gasteiger partial charge in [0.2, 0.25) is 5.78 Å². The molecule has 0 spiro atoms. The van der Waals surface area contributed by atoms with Gasteiger partial charge >= 0.3 is 5.97 Å². The normalized spacial score (nSPS) is 50.4. The van der Waals surface area contributed by atoms with Crippen molar-refractivity contribution in [2.75, 3.05) is 7.11 Å². The molecule has 4 fully saturated rings. The smallest absolute Gasteiger partial charge is 0.311 e. The quantitative estimate of drug-likeness (QED) is 0.418. The molecule has 0 aliphatic heterocycles. The number of hydrogen-bond acceptors (Lipinski definition) is 5. The predicted molar refractivity (Wildman–Crippen MR) is 138 cm³/mol. The van der Waals surface area contributed by atoms with Crippen LogP contribution in [0, 0.1) is 44.3 Å². The summed E-state index contributed by atoms with van der Waals surface area (Å²) in [7, 11) is 1.49. The average Bonchev–Trinajstić information content (AvgIpc) is 2.81. The van der Waals surface area contributed by atoms with Gasteiger partial charge in [-0.05, 0) is 104 Å². The molecule has 5 heteroatoms. The molecule has 0 bridgehead atoms. The van der Waals surface area contributed by atoms with Crippen molar-refractivity contribution in [3.05, 3.63) is 23.0 Å². The summed E-state index contributed by atoms with van der Waals surface area (Å²) >= 11 is 0. The molecule has 1 N–H and O–H groups in total. The van der Waals surface area contributed by atoms with Crippen LogP contribution in [0.4, 0.5) is 0 Å². The third-order valence-electron chi connectivity index (χ3n) is 12.9. The van der Waals surface area contributed by atoms with Gasteiger partial charge in [-0.15, -0.1) is 0 Å². The van der Waals surface area contributed by atoms with E-state index in [1.807, 2.05) is 13.8 Å². The molecule has 8 atom stereocenters. The molecule has 0 radical (unpaired) electrons. The molecule has 5 aliphatic carbocycles. The number of rotatable bonds is 1. The summed E-state index contributed by atoms with van der Waals surface area (Å²) in [6, 6.07) is 0. The van der Waals surface area contributed by atoms with Gasteiger partial charge in [-0.2, -0.15) is 0 Å². The van der Waals surface area contributed by atoms with Crippen molar-refractivity contribution in [2.24, 2.45) is 44.3 Å². The van der Waals surface area contributed by atoms with Crippen LogP contribution in [0.2, 0.25) is 0 Å². The SMILES string of the molecule is COC(=O)C1(C)CCC2(C)CCC3(C)C4C(=O)CC5(C)C(=CC(=O)C(O)=C5C)C4(C)CCC3(C)C2C1. The lowest BCUT2D eigenvalue weighted by Gasteiger charge is -2.72. The second-order valence-electron chi connectivity index (χ2n) is 14.5. The third-order valence-corrected chi connectivity index (χ3v) is 12.9. The van der Waals surface area contributed by atoms with E-state index in [4.69, 9.17) is 4.74 Å². The number of esters is 1. The Morgan fingerprint density at radius 3 is 2.19 bits per heavy atom. The Balaban J connectivity index is 1.62. The standard InChI is InChI=1S/C31H44O5/c1-18-23(34)19(32)15-21-28(4)12-14-30(6)22-17-27(3,25(35)36-8)10-9-26(22,2)11-13-31(30,7)24(28)20(33)16-29(18,21)5/h15,22,24,34H,9-14,16-17H2,1-8H3. The Labute approximate surface area is 216 Å². The van der Waals surface area contributed by atoms with Gasteiger partial charge in [0.15, 0.2) is 5.76 Å². The van der Waals surface area contributed by atoms with Gasteiger partial charge in [-0.3, -0.25) is 14.4 Å². The largest absolute Gasteiger partial charge is 0.504 e. The highest BCUT2D eigenvalue weighted by atomic mass is 16.5. The van der Waals surface area contributed by atoms with Gasteiger partial charge in [-0.1, -0.05) is 34.6 Å². The maximum absolute atomic E-state index is 14.3. The predicted octanol–water partition coefficient (Wildman–Crippen LogP) is 6.52. The van der Waals surface area contributed by atoms with Gasteiger partial charge in [0.1, 0.15) is 5.78 Å². The first-order valence-corrected chi connectivity index (χ1v) is 13.8. The minimum atomic E-state index is -0.609. The molecule has 36 heavy (non-hydrogen) atoms. The number of fused-ring (bicyclic) bond motifs is 7. The summed E-state index contributed by atoms with van der Waals surface area (Å²) in [6.45, 7) is 15.3. The molecule has 8 unspecified atom stereocenters. The van der Waals surface area contributed by atoms with Gasteiger partial charge in [0.25, 0.3) is 0 Å². The van der Waals surface area contributed by atoms with Gasteiger partial charge < -0.3 is 9.84 Å². The van der Waals surface area contributed by atoms with Gasteiger partial charge in [0.05, 0.1) is 12.5 Å². The lowest BCUT2D eigenvalue weighted by Crippen LogP contribution is -2.68. The topological polar surface area (TPSA) is 80.7 Å². The number of allylic oxidation sites excluding steroid dienone is 3. The van der Waals surface area contributed by atoms with E-state index >= 15 is 0 Å². The van der Waals surface area contributed by atoms with E-state index in [0.29, 0.717) is 17.9 Å². The number of aliphatic hydroxyl groups is 1. The van der Waals surface area contributed by atoms with Crippen LogP contribution in [0.25, 0.3) is 0 Å². The minimum Gasteiger partial charge on any atom is -0.504 e. The number of methoxy groups -OCH3 is 1. The van der Waals surface area contributed by atoms with E-state index in [1.165, 1.54) is 7.11 Å². The number of Topliss-reactive ketones (excluding diaryl/α,β-unsaturated/α-hetero) is 1. The van der Waals surface area contributed by atoms with Crippen molar-refractivity contribution in [2.45, 2.75) is 99.8 Å². The third kappa shape index (κ3) is 2.86. The number of ketones is 2. The Morgan fingerprint density at radius 2 is 1.56 bits per heavy atom. The van der Waals surface area contributed by atoms with Crippen LogP contribution in [0.1, 0.15) is 99.8 Å². The highest BCUT2D eigenvalue weighted by Gasteiger charge is 2.72. The van der Waals surface area contributed by atoms with Gasteiger partial charge in [0, 0.05) is 17.8 Å². The number of carbonyl (C=O) groups excluding carboxylic acids is 3. The molecule has 4 saturated carbocycles. The van der Waals surface area contributed by atoms with Gasteiger partial charge in [-0.25, -0.2) is 0 Å². The maximum atomic E-state index is 14.3.